The van der Waals surface area contributed by atoms with Crippen molar-refractivity contribution in [2.24, 2.45) is 5.92 Å². The first-order chi connectivity index (χ1) is 6.24. The van der Waals surface area contributed by atoms with Crippen molar-refractivity contribution in [2.75, 3.05) is 26.2 Å². The van der Waals surface area contributed by atoms with Gasteiger partial charge in [0.05, 0.1) is 6.54 Å². The van der Waals surface area contributed by atoms with Gasteiger partial charge in [-0.2, -0.15) is 0 Å². The summed E-state index contributed by atoms with van der Waals surface area (Å²) in [6, 6.07) is 0.555. The topological polar surface area (TPSA) is 32.3 Å². The zero-order chi connectivity index (χ0) is 9.68. The Balaban J connectivity index is 2.41. The van der Waals surface area contributed by atoms with E-state index in [2.05, 4.69) is 24.1 Å². The Morgan fingerprint density at radius 2 is 2.38 bits per heavy atom. The Labute approximate surface area is 80.5 Å². The van der Waals surface area contributed by atoms with Crippen molar-refractivity contribution < 1.29 is 4.79 Å². The zero-order valence-electron chi connectivity index (χ0n) is 8.62. The van der Waals surface area contributed by atoms with Gasteiger partial charge in [0.15, 0.2) is 0 Å². The molecule has 0 aliphatic carbocycles. The number of hydrogen-bond acceptors (Lipinski definition) is 3. The first kappa shape index (κ1) is 10.7. The van der Waals surface area contributed by atoms with Crippen LogP contribution >= 0.6 is 0 Å². The second-order valence-corrected chi connectivity index (χ2v) is 4.15. The number of carbonyl (C=O) groups is 1. The molecule has 1 rings (SSSR count). The van der Waals surface area contributed by atoms with Crippen LogP contribution in [0.2, 0.25) is 0 Å². The minimum Gasteiger partial charge on any atom is -0.314 e. The molecule has 1 aliphatic heterocycles. The van der Waals surface area contributed by atoms with Crippen LogP contribution in [-0.4, -0.2) is 43.4 Å². The highest BCUT2D eigenvalue weighted by atomic mass is 16.1. The third-order valence-electron chi connectivity index (χ3n) is 2.52. The van der Waals surface area contributed by atoms with E-state index in [0.717, 1.165) is 25.9 Å². The van der Waals surface area contributed by atoms with Crippen LogP contribution in [0.3, 0.4) is 0 Å². The summed E-state index contributed by atoms with van der Waals surface area (Å²) in [7, 11) is 0. The van der Waals surface area contributed by atoms with E-state index in [1.165, 1.54) is 6.42 Å². The molecule has 1 aliphatic rings. The van der Waals surface area contributed by atoms with Crippen LogP contribution in [-0.2, 0) is 4.79 Å². The first-order valence-electron chi connectivity index (χ1n) is 5.12. The smallest absolute Gasteiger partial charge is 0.133 e. The van der Waals surface area contributed by atoms with Crippen molar-refractivity contribution >= 4 is 6.29 Å². The molecule has 76 valence electrons. The normalized spacial score (nSPS) is 25.0. The standard InChI is InChI=1S/C10H20N2O/c1-9(2)7-10-8-11-3-4-12(10)5-6-13/h6,9-11H,3-5,7-8H2,1-2H3. The van der Waals surface area contributed by atoms with Gasteiger partial charge in [-0.05, 0) is 12.3 Å². The zero-order valence-corrected chi connectivity index (χ0v) is 8.62. The van der Waals surface area contributed by atoms with Gasteiger partial charge >= 0.3 is 0 Å². The van der Waals surface area contributed by atoms with Gasteiger partial charge in [0.25, 0.3) is 0 Å². The molecule has 1 atom stereocenters. The molecule has 1 fully saturated rings. The molecule has 0 spiro atoms. The summed E-state index contributed by atoms with van der Waals surface area (Å²) in [4.78, 5) is 12.7. The van der Waals surface area contributed by atoms with Crippen LogP contribution in [0.5, 0.6) is 0 Å². The van der Waals surface area contributed by atoms with Gasteiger partial charge in [0.1, 0.15) is 6.29 Å². The van der Waals surface area contributed by atoms with Gasteiger partial charge in [0, 0.05) is 25.7 Å². The Kier molecular flexibility index (Phi) is 4.39. The highest BCUT2D eigenvalue weighted by molar-refractivity contribution is 5.52. The molecule has 0 aromatic carbocycles. The third-order valence-corrected chi connectivity index (χ3v) is 2.52. The summed E-state index contributed by atoms with van der Waals surface area (Å²) in [6.45, 7) is 8.12. The highest BCUT2D eigenvalue weighted by Gasteiger charge is 2.21. The summed E-state index contributed by atoms with van der Waals surface area (Å²) in [5.41, 5.74) is 0. The quantitative estimate of drug-likeness (QED) is 0.646. The van der Waals surface area contributed by atoms with Crippen molar-refractivity contribution in [3.8, 4) is 0 Å². The van der Waals surface area contributed by atoms with Crippen LogP contribution in [0.15, 0.2) is 0 Å². The van der Waals surface area contributed by atoms with Gasteiger partial charge in [0.2, 0.25) is 0 Å². The molecule has 0 amide bonds. The Bertz CT molecular complexity index is 159. The molecule has 1 unspecified atom stereocenters. The molecule has 3 heteroatoms. The van der Waals surface area contributed by atoms with Crippen LogP contribution < -0.4 is 5.32 Å². The second-order valence-electron chi connectivity index (χ2n) is 4.15. The van der Waals surface area contributed by atoms with Crippen LogP contribution in [0.25, 0.3) is 0 Å². The molecular weight excluding hydrogens is 164 g/mol. The molecule has 3 nitrogen and oxygen atoms in total. The number of carbonyl (C=O) groups excluding carboxylic acids is 1. The monoisotopic (exact) mass is 184 g/mol. The third kappa shape index (κ3) is 3.44. The van der Waals surface area contributed by atoms with E-state index in [-0.39, 0.29) is 0 Å². The van der Waals surface area contributed by atoms with Crippen LogP contribution in [0.4, 0.5) is 0 Å². The fourth-order valence-corrected chi connectivity index (χ4v) is 1.92. The van der Waals surface area contributed by atoms with E-state index in [0.29, 0.717) is 18.5 Å². The molecule has 1 saturated heterocycles. The lowest BCUT2D eigenvalue weighted by Crippen LogP contribution is -2.52. The summed E-state index contributed by atoms with van der Waals surface area (Å²) in [6.07, 6.45) is 2.19. The van der Waals surface area contributed by atoms with E-state index in [4.69, 9.17) is 0 Å². The molecule has 0 aromatic rings. The van der Waals surface area contributed by atoms with Crippen molar-refractivity contribution in [1.29, 1.82) is 0 Å². The highest BCUT2D eigenvalue weighted by Crippen LogP contribution is 2.12. The average molecular weight is 184 g/mol. The Morgan fingerprint density at radius 1 is 1.62 bits per heavy atom. The molecule has 13 heavy (non-hydrogen) atoms. The Hall–Kier alpha value is -0.410. The van der Waals surface area contributed by atoms with Crippen molar-refractivity contribution in [1.82, 2.24) is 10.2 Å². The fourth-order valence-electron chi connectivity index (χ4n) is 1.92. The van der Waals surface area contributed by atoms with Gasteiger partial charge < -0.3 is 10.1 Å². The van der Waals surface area contributed by atoms with E-state index in [1.807, 2.05) is 0 Å². The summed E-state index contributed by atoms with van der Waals surface area (Å²) in [5.74, 6) is 0.707. The number of hydrogen-bond donors (Lipinski definition) is 1. The summed E-state index contributed by atoms with van der Waals surface area (Å²) >= 11 is 0. The molecule has 0 radical (unpaired) electrons. The minimum atomic E-state index is 0.555. The minimum absolute atomic E-state index is 0.555. The first-order valence-corrected chi connectivity index (χ1v) is 5.12. The molecule has 0 bridgehead atoms. The SMILES string of the molecule is CC(C)CC1CNCCN1CC=O. The van der Waals surface area contributed by atoms with Crippen molar-refractivity contribution in [2.45, 2.75) is 26.3 Å². The maximum Gasteiger partial charge on any atom is 0.133 e. The predicted molar refractivity (Wildman–Crippen MR) is 53.7 cm³/mol. The number of aldehydes is 1. The molecule has 1 heterocycles. The Morgan fingerprint density at radius 3 is 3.00 bits per heavy atom. The van der Waals surface area contributed by atoms with Crippen LogP contribution in [0.1, 0.15) is 20.3 Å². The maximum atomic E-state index is 10.4. The lowest BCUT2D eigenvalue weighted by atomic mass is 10.0. The van der Waals surface area contributed by atoms with Crippen molar-refractivity contribution in [3.05, 3.63) is 0 Å². The van der Waals surface area contributed by atoms with Crippen LogP contribution in [0, 0.1) is 5.92 Å². The fraction of sp³-hybridized carbons (Fsp3) is 0.900. The van der Waals surface area contributed by atoms with Gasteiger partial charge in [-0.3, -0.25) is 4.90 Å². The molecule has 0 aromatic heterocycles. The maximum absolute atomic E-state index is 10.4. The molecular formula is C10H20N2O. The number of nitrogens with zero attached hydrogens (tertiary/aromatic N) is 1. The second kappa shape index (κ2) is 5.35. The summed E-state index contributed by atoms with van der Waals surface area (Å²) < 4.78 is 0. The lowest BCUT2D eigenvalue weighted by molar-refractivity contribution is -0.109. The van der Waals surface area contributed by atoms with Gasteiger partial charge in [-0.25, -0.2) is 0 Å². The predicted octanol–water partition coefficient (Wildman–Crippen LogP) is 0.505. The van der Waals surface area contributed by atoms with E-state index in [9.17, 15) is 4.79 Å². The number of rotatable bonds is 4. The lowest BCUT2D eigenvalue weighted by Gasteiger charge is -2.35. The van der Waals surface area contributed by atoms with Gasteiger partial charge in [-0.1, -0.05) is 13.8 Å². The van der Waals surface area contributed by atoms with E-state index < -0.39 is 0 Å². The molecule has 1 N–H and O–H groups in total. The largest absolute Gasteiger partial charge is 0.314 e. The van der Waals surface area contributed by atoms with E-state index in [1.54, 1.807) is 0 Å². The van der Waals surface area contributed by atoms with Crippen molar-refractivity contribution in [3.63, 3.8) is 0 Å². The summed E-state index contributed by atoms with van der Waals surface area (Å²) in [5, 5.41) is 3.37. The number of nitrogens with one attached hydrogen (secondary N) is 1. The van der Waals surface area contributed by atoms with E-state index >= 15 is 0 Å². The molecule has 0 saturated carbocycles. The van der Waals surface area contributed by atoms with Gasteiger partial charge in [-0.15, -0.1) is 0 Å². The number of piperazine rings is 1. The average Bonchev–Trinajstić information content (AvgIpc) is 2.08.